The molecule has 0 bridgehead atoms. The summed E-state index contributed by atoms with van der Waals surface area (Å²) in [5, 5.41) is 2.91. The lowest BCUT2D eigenvalue weighted by molar-refractivity contribution is 0.102. The molecule has 0 aromatic heterocycles. The number of benzene rings is 2. The fourth-order valence-electron chi connectivity index (χ4n) is 1.79. The number of amides is 1. The topological polar surface area (TPSA) is 55.1 Å². The minimum Gasteiger partial charge on any atom is -0.398 e. The van der Waals surface area contributed by atoms with Crippen molar-refractivity contribution in [1.82, 2.24) is 0 Å². The van der Waals surface area contributed by atoms with E-state index in [0.29, 0.717) is 15.7 Å². The van der Waals surface area contributed by atoms with Gasteiger partial charge in [0, 0.05) is 11.4 Å². The zero-order chi connectivity index (χ0) is 14.0. The first-order valence-corrected chi connectivity index (χ1v) is 6.71. The molecule has 19 heavy (non-hydrogen) atoms. The summed E-state index contributed by atoms with van der Waals surface area (Å²) >= 11 is 3.34. The van der Waals surface area contributed by atoms with Gasteiger partial charge in [0.05, 0.1) is 10.0 Å². The Kier molecular flexibility index (Phi) is 3.90. The van der Waals surface area contributed by atoms with Crippen molar-refractivity contribution in [3.05, 3.63) is 57.6 Å². The molecule has 4 heteroatoms. The van der Waals surface area contributed by atoms with Gasteiger partial charge in [0.2, 0.25) is 0 Å². The van der Waals surface area contributed by atoms with Crippen LogP contribution in [0.3, 0.4) is 0 Å². The monoisotopic (exact) mass is 318 g/mol. The van der Waals surface area contributed by atoms with Crippen LogP contribution in [-0.2, 0) is 0 Å². The van der Waals surface area contributed by atoms with Crippen molar-refractivity contribution in [3.63, 3.8) is 0 Å². The second-order valence-corrected chi connectivity index (χ2v) is 5.27. The van der Waals surface area contributed by atoms with Crippen LogP contribution in [0, 0.1) is 13.8 Å². The highest BCUT2D eigenvalue weighted by Crippen LogP contribution is 2.25. The van der Waals surface area contributed by atoms with Crippen molar-refractivity contribution in [2.24, 2.45) is 0 Å². The molecule has 1 amide bonds. The van der Waals surface area contributed by atoms with E-state index >= 15 is 0 Å². The third kappa shape index (κ3) is 2.96. The van der Waals surface area contributed by atoms with E-state index in [9.17, 15) is 4.79 Å². The molecule has 0 radical (unpaired) electrons. The first kappa shape index (κ1) is 13.6. The number of nitrogen functional groups attached to an aromatic ring is 1. The van der Waals surface area contributed by atoms with Crippen LogP contribution >= 0.6 is 15.9 Å². The predicted molar refractivity (Wildman–Crippen MR) is 82.4 cm³/mol. The van der Waals surface area contributed by atoms with E-state index < -0.39 is 0 Å². The number of aryl methyl sites for hydroxylation is 2. The van der Waals surface area contributed by atoms with Crippen LogP contribution in [0.1, 0.15) is 21.5 Å². The molecule has 2 aromatic rings. The Morgan fingerprint density at radius 2 is 1.95 bits per heavy atom. The Morgan fingerprint density at radius 1 is 1.21 bits per heavy atom. The number of halogens is 1. The first-order chi connectivity index (χ1) is 8.99. The molecule has 0 aliphatic rings. The fourth-order valence-corrected chi connectivity index (χ4v) is 2.23. The first-order valence-electron chi connectivity index (χ1n) is 5.91. The molecular formula is C15H15BrN2O. The maximum atomic E-state index is 12.3. The molecule has 0 atom stereocenters. The smallest absolute Gasteiger partial charge is 0.256 e. The van der Waals surface area contributed by atoms with Crippen LogP contribution in [0.5, 0.6) is 0 Å². The van der Waals surface area contributed by atoms with E-state index in [1.165, 1.54) is 0 Å². The SMILES string of the molecule is Cc1ccc(C)c(NC(=O)c2cccc(N)c2Br)c1. The quantitative estimate of drug-likeness (QED) is 0.825. The average Bonchev–Trinajstić information content (AvgIpc) is 2.37. The minimum absolute atomic E-state index is 0.173. The third-order valence-corrected chi connectivity index (χ3v) is 3.80. The number of hydrogen-bond donors (Lipinski definition) is 2. The Bertz CT molecular complexity index is 638. The molecule has 0 saturated carbocycles. The highest BCUT2D eigenvalue weighted by molar-refractivity contribution is 9.10. The number of rotatable bonds is 2. The zero-order valence-electron chi connectivity index (χ0n) is 10.8. The van der Waals surface area contributed by atoms with E-state index in [1.54, 1.807) is 18.2 Å². The second kappa shape index (κ2) is 5.45. The third-order valence-electron chi connectivity index (χ3n) is 2.91. The lowest BCUT2D eigenvalue weighted by atomic mass is 10.1. The molecule has 98 valence electrons. The molecule has 3 N–H and O–H groups in total. The highest BCUT2D eigenvalue weighted by Gasteiger charge is 2.12. The summed E-state index contributed by atoms with van der Waals surface area (Å²) in [6.45, 7) is 3.95. The average molecular weight is 319 g/mol. The number of hydrogen-bond acceptors (Lipinski definition) is 2. The fraction of sp³-hybridized carbons (Fsp3) is 0.133. The van der Waals surface area contributed by atoms with E-state index in [4.69, 9.17) is 5.73 Å². The summed E-state index contributed by atoms with van der Waals surface area (Å²) in [5.41, 5.74) is 9.81. The number of carbonyl (C=O) groups excluding carboxylic acids is 1. The highest BCUT2D eigenvalue weighted by atomic mass is 79.9. The molecule has 0 spiro atoms. The molecule has 0 unspecified atom stereocenters. The summed E-state index contributed by atoms with van der Waals surface area (Å²) in [6.07, 6.45) is 0. The van der Waals surface area contributed by atoms with Gasteiger partial charge < -0.3 is 11.1 Å². The van der Waals surface area contributed by atoms with E-state index in [2.05, 4.69) is 21.2 Å². The zero-order valence-corrected chi connectivity index (χ0v) is 12.4. The Balaban J connectivity index is 2.31. The van der Waals surface area contributed by atoms with Gasteiger partial charge >= 0.3 is 0 Å². The number of nitrogens with one attached hydrogen (secondary N) is 1. The molecule has 0 aliphatic heterocycles. The van der Waals surface area contributed by atoms with Crippen LogP contribution in [0.2, 0.25) is 0 Å². The van der Waals surface area contributed by atoms with E-state index in [-0.39, 0.29) is 5.91 Å². The van der Waals surface area contributed by atoms with Gasteiger partial charge in [0.15, 0.2) is 0 Å². The van der Waals surface area contributed by atoms with Crippen molar-refractivity contribution >= 4 is 33.2 Å². The molecular weight excluding hydrogens is 304 g/mol. The normalized spacial score (nSPS) is 10.3. The molecule has 0 saturated heterocycles. The molecule has 2 aromatic carbocycles. The predicted octanol–water partition coefficient (Wildman–Crippen LogP) is 3.90. The molecule has 0 fully saturated rings. The number of nitrogens with two attached hydrogens (primary N) is 1. The van der Waals surface area contributed by atoms with Gasteiger partial charge in [-0.15, -0.1) is 0 Å². The van der Waals surface area contributed by atoms with Crippen LogP contribution in [0.4, 0.5) is 11.4 Å². The molecule has 3 nitrogen and oxygen atoms in total. The van der Waals surface area contributed by atoms with Crippen molar-refractivity contribution in [3.8, 4) is 0 Å². The lowest BCUT2D eigenvalue weighted by Gasteiger charge is -2.11. The summed E-state index contributed by atoms with van der Waals surface area (Å²) in [7, 11) is 0. The largest absolute Gasteiger partial charge is 0.398 e. The second-order valence-electron chi connectivity index (χ2n) is 4.48. The lowest BCUT2D eigenvalue weighted by Crippen LogP contribution is -2.14. The van der Waals surface area contributed by atoms with E-state index in [1.807, 2.05) is 32.0 Å². The minimum atomic E-state index is -0.173. The van der Waals surface area contributed by atoms with E-state index in [0.717, 1.165) is 16.8 Å². The maximum absolute atomic E-state index is 12.3. The van der Waals surface area contributed by atoms with Gasteiger partial charge in [-0.25, -0.2) is 0 Å². The van der Waals surface area contributed by atoms with Gasteiger partial charge in [-0.2, -0.15) is 0 Å². The molecule has 2 rings (SSSR count). The van der Waals surface area contributed by atoms with Crippen molar-refractivity contribution in [2.45, 2.75) is 13.8 Å². The van der Waals surface area contributed by atoms with Crippen LogP contribution < -0.4 is 11.1 Å². The summed E-state index contributed by atoms with van der Waals surface area (Å²) < 4.78 is 0.623. The summed E-state index contributed by atoms with van der Waals surface area (Å²) in [5.74, 6) is -0.173. The molecule has 0 aliphatic carbocycles. The number of anilines is 2. The van der Waals surface area contributed by atoms with Gasteiger partial charge in [0.25, 0.3) is 5.91 Å². The van der Waals surface area contributed by atoms with Gasteiger partial charge in [-0.3, -0.25) is 4.79 Å². The van der Waals surface area contributed by atoms with Crippen molar-refractivity contribution in [2.75, 3.05) is 11.1 Å². The van der Waals surface area contributed by atoms with Crippen molar-refractivity contribution in [1.29, 1.82) is 0 Å². The summed E-state index contributed by atoms with van der Waals surface area (Å²) in [4.78, 5) is 12.3. The van der Waals surface area contributed by atoms with Crippen molar-refractivity contribution < 1.29 is 4.79 Å². The van der Waals surface area contributed by atoms with Gasteiger partial charge in [-0.1, -0.05) is 18.2 Å². The standard InChI is InChI=1S/C15H15BrN2O/c1-9-6-7-10(2)13(8-9)18-15(19)11-4-3-5-12(17)14(11)16/h3-8H,17H2,1-2H3,(H,18,19). The Labute approximate surface area is 121 Å². The summed E-state index contributed by atoms with van der Waals surface area (Å²) in [6, 6.07) is 11.2. The number of carbonyl (C=O) groups is 1. The molecule has 0 heterocycles. The van der Waals surface area contributed by atoms with Crippen LogP contribution in [0.15, 0.2) is 40.9 Å². The van der Waals surface area contributed by atoms with Crippen LogP contribution in [-0.4, -0.2) is 5.91 Å². The van der Waals surface area contributed by atoms with Crippen LogP contribution in [0.25, 0.3) is 0 Å². The Morgan fingerprint density at radius 3 is 2.68 bits per heavy atom. The Hall–Kier alpha value is -1.81. The van der Waals surface area contributed by atoms with Gasteiger partial charge in [0.1, 0.15) is 0 Å². The van der Waals surface area contributed by atoms with Gasteiger partial charge in [-0.05, 0) is 59.1 Å². The maximum Gasteiger partial charge on any atom is 0.256 e.